The first-order chi connectivity index (χ1) is 10.6. The molecule has 0 spiro atoms. The first-order valence-corrected chi connectivity index (χ1v) is 9.01. The molecule has 5 nitrogen and oxygen atoms in total. The molecule has 0 atom stereocenters. The van der Waals surface area contributed by atoms with Crippen molar-refractivity contribution < 1.29 is 12.9 Å². The molecule has 0 radical (unpaired) electrons. The van der Waals surface area contributed by atoms with Gasteiger partial charge in [0.05, 0.1) is 11.1 Å². The van der Waals surface area contributed by atoms with Crippen molar-refractivity contribution in [1.82, 2.24) is 5.16 Å². The molecular formula is C15H14N2O3S2. The number of hydrogen-bond acceptors (Lipinski definition) is 5. The van der Waals surface area contributed by atoms with Gasteiger partial charge in [-0.3, -0.25) is 4.72 Å². The molecule has 0 amide bonds. The highest BCUT2D eigenvalue weighted by molar-refractivity contribution is 7.94. The topological polar surface area (TPSA) is 72.2 Å². The van der Waals surface area contributed by atoms with E-state index in [9.17, 15) is 8.42 Å². The summed E-state index contributed by atoms with van der Waals surface area (Å²) in [5.41, 5.74) is 1.64. The van der Waals surface area contributed by atoms with Crippen molar-refractivity contribution >= 4 is 27.0 Å². The number of benzene rings is 1. The van der Waals surface area contributed by atoms with Crippen LogP contribution in [0.3, 0.4) is 0 Å². The summed E-state index contributed by atoms with van der Waals surface area (Å²) in [6.45, 7) is 2.02. The molecule has 0 unspecified atom stereocenters. The normalized spacial score (nSPS) is 11.5. The number of aromatic nitrogens is 1. The molecule has 0 aliphatic rings. The smallest absolute Gasteiger partial charge is 0.271 e. The van der Waals surface area contributed by atoms with Gasteiger partial charge in [-0.05, 0) is 36.2 Å². The van der Waals surface area contributed by atoms with E-state index < -0.39 is 10.0 Å². The van der Waals surface area contributed by atoms with Crippen LogP contribution in [0.15, 0.2) is 57.4 Å². The lowest BCUT2D eigenvalue weighted by molar-refractivity contribution is 0.433. The van der Waals surface area contributed by atoms with Gasteiger partial charge in [-0.2, -0.15) is 0 Å². The van der Waals surface area contributed by atoms with Crippen LogP contribution in [0.5, 0.6) is 0 Å². The summed E-state index contributed by atoms with van der Waals surface area (Å²) in [6, 6.07) is 12.3. The van der Waals surface area contributed by atoms with Gasteiger partial charge in [0.15, 0.2) is 5.76 Å². The van der Waals surface area contributed by atoms with Crippen LogP contribution in [0.1, 0.15) is 12.5 Å². The lowest BCUT2D eigenvalue weighted by Gasteiger charge is -2.07. The Hall–Kier alpha value is -2.12. The highest BCUT2D eigenvalue weighted by Crippen LogP contribution is 2.31. The molecule has 2 aromatic heterocycles. The quantitative estimate of drug-likeness (QED) is 0.771. The largest absolute Gasteiger partial charge is 0.355 e. The first-order valence-electron chi connectivity index (χ1n) is 6.71. The Morgan fingerprint density at radius 3 is 2.82 bits per heavy atom. The average molecular weight is 334 g/mol. The van der Waals surface area contributed by atoms with E-state index >= 15 is 0 Å². The Labute approximate surface area is 132 Å². The third-order valence-electron chi connectivity index (χ3n) is 3.11. The van der Waals surface area contributed by atoms with Crippen LogP contribution < -0.4 is 4.72 Å². The van der Waals surface area contributed by atoms with Crippen molar-refractivity contribution in [3.63, 3.8) is 0 Å². The lowest BCUT2D eigenvalue weighted by Crippen LogP contribution is -2.11. The minimum Gasteiger partial charge on any atom is -0.355 e. The Bertz CT molecular complexity index is 868. The van der Waals surface area contributed by atoms with Crippen molar-refractivity contribution in [3.05, 3.63) is 54.2 Å². The molecule has 2 heterocycles. The highest BCUT2D eigenvalue weighted by Gasteiger charge is 2.18. The third kappa shape index (κ3) is 3.05. The van der Waals surface area contributed by atoms with E-state index in [4.69, 9.17) is 4.52 Å². The van der Waals surface area contributed by atoms with Gasteiger partial charge in [-0.1, -0.05) is 24.2 Å². The highest BCUT2D eigenvalue weighted by atomic mass is 32.2. The van der Waals surface area contributed by atoms with Crippen LogP contribution in [0, 0.1) is 0 Å². The summed E-state index contributed by atoms with van der Waals surface area (Å²) < 4.78 is 32.8. The van der Waals surface area contributed by atoms with Crippen LogP contribution in [0.4, 0.5) is 5.69 Å². The molecule has 0 saturated heterocycles. The molecule has 0 fully saturated rings. The summed E-state index contributed by atoms with van der Waals surface area (Å²) in [6.07, 6.45) is 2.38. The number of hydrogen-bond donors (Lipinski definition) is 1. The summed E-state index contributed by atoms with van der Waals surface area (Å²) in [4.78, 5) is 0.722. The maximum absolute atomic E-state index is 12.4. The standard InChI is InChI=1S/C15H14N2O3S2/c1-2-11-4-3-5-12(10-11)17-22(18,19)15-7-6-14(21-15)13-8-9-16-20-13/h3-10,17H,2H2,1H3. The van der Waals surface area contributed by atoms with E-state index in [0.717, 1.165) is 28.2 Å². The molecule has 0 aliphatic carbocycles. The summed E-state index contributed by atoms with van der Waals surface area (Å²) in [5.74, 6) is 0.555. The van der Waals surface area contributed by atoms with E-state index in [0.29, 0.717) is 11.4 Å². The van der Waals surface area contributed by atoms with Crippen LogP contribution >= 0.6 is 11.3 Å². The van der Waals surface area contributed by atoms with Gasteiger partial charge in [-0.15, -0.1) is 11.3 Å². The van der Waals surface area contributed by atoms with Gasteiger partial charge in [0.1, 0.15) is 4.21 Å². The second-order valence-electron chi connectivity index (χ2n) is 4.65. The lowest BCUT2D eigenvalue weighted by atomic mass is 10.1. The van der Waals surface area contributed by atoms with E-state index in [1.54, 1.807) is 24.3 Å². The number of sulfonamides is 1. The van der Waals surface area contributed by atoms with Crippen LogP contribution in [-0.4, -0.2) is 13.6 Å². The Kier molecular flexibility index (Phi) is 4.00. The van der Waals surface area contributed by atoms with Gasteiger partial charge in [0.2, 0.25) is 0 Å². The summed E-state index contributed by atoms with van der Waals surface area (Å²) in [5, 5.41) is 3.62. The second kappa shape index (κ2) is 5.94. The minimum absolute atomic E-state index is 0.237. The second-order valence-corrected chi connectivity index (χ2v) is 7.65. The van der Waals surface area contributed by atoms with Crippen molar-refractivity contribution in [3.8, 4) is 10.6 Å². The number of nitrogens with zero attached hydrogens (tertiary/aromatic N) is 1. The van der Waals surface area contributed by atoms with Gasteiger partial charge in [0, 0.05) is 11.8 Å². The predicted molar refractivity (Wildman–Crippen MR) is 86.4 cm³/mol. The number of thiophene rings is 1. The van der Waals surface area contributed by atoms with E-state index in [2.05, 4.69) is 9.88 Å². The van der Waals surface area contributed by atoms with Crippen LogP contribution in [0.2, 0.25) is 0 Å². The van der Waals surface area contributed by atoms with Crippen molar-refractivity contribution in [1.29, 1.82) is 0 Å². The van der Waals surface area contributed by atoms with E-state index in [-0.39, 0.29) is 4.21 Å². The van der Waals surface area contributed by atoms with Crippen LogP contribution in [-0.2, 0) is 16.4 Å². The van der Waals surface area contributed by atoms with Crippen LogP contribution in [0.25, 0.3) is 10.6 Å². The number of aryl methyl sites for hydroxylation is 1. The first kappa shape index (κ1) is 14.8. The third-order valence-corrected chi connectivity index (χ3v) is 6.09. The molecule has 22 heavy (non-hydrogen) atoms. The van der Waals surface area contributed by atoms with E-state index in [1.807, 2.05) is 25.1 Å². The summed E-state index contributed by atoms with van der Waals surface area (Å²) in [7, 11) is -3.60. The average Bonchev–Trinajstić information content (AvgIpc) is 3.18. The predicted octanol–water partition coefficient (Wildman–Crippen LogP) is 3.77. The van der Waals surface area contributed by atoms with Crippen molar-refractivity contribution in [2.75, 3.05) is 4.72 Å². The molecule has 3 aromatic rings. The molecule has 7 heteroatoms. The Morgan fingerprint density at radius 2 is 2.09 bits per heavy atom. The zero-order chi connectivity index (χ0) is 15.6. The maximum atomic E-state index is 12.4. The number of anilines is 1. The maximum Gasteiger partial charge on any atom is 0.271 e. The molecule has 3 rings (SSSR count). The molecule has 114 valence electrons. The van der Waals surface area contributed by atoms with Gasteiger partial charge >= 0.3 is 0 Å². The molecule has 0 bridgehead atoms. The number of nitrogens with one attached hydrogen (secondary N) is 1. The fourth-order valence-corrected chi connectivity index (χ4v) is 4.31. The fraction of sp³-hybridized carbons (Fsp3) is 0.133. The number of rotatable bonds is 5. The molecular weight excluding hydrogens is 320 g/mol. The van der Waals surface area contributed by atoms with Gasteiger partial charge in [-0.25, -0.2) is 8.42 Å². The SMILES string of the molecule is CCc1cccc(NS(=O)(=O)c2ccc(-c3ccno3)s2)c1. The van der Waals surface area contributed by atoms with Gasteiger partial charge in [0.25, 0.3) is 10.0 Å². The fourth-order valence-electron chi connectivity index (χ4n) is 2.00. The Balaban J connectivity index is 1.86. The molecule has 0 aliphatic heterocycles. The Morgan fingerprint density at radius 1 is 1.23 bits per heavy atom. The molecule has 0 saturated carbocycles. The summed E-state index contributed by atoms with van der Waals surface area (Å²) >= 11 is 1.14. The molecule has 1 N–H and O–H groups in total. The zero-order valence-corrected chi connectivity index (χ0v) is 13.4. The zero-order valence-electron chi connectivity index (χ0n) is 11.8. The minimum atomic E-state index is -3.60. The van der Waals surface area contributed by atoms with Crippen molar-refractivity contribution in [2.24, 2.45) is 0 Å². The van der Waals surface area contributed by atoms with Crippen molar-refractivity contribution in [2.45, 2.75) is 17.6 Å². The van der Waals surface area contributed by atoms with E-state index in [1.165, 1.54) is 6.20 Å². The molecule has 1 aromatic carbocycles. The monoisotopic (exact) mass is 334 g/mol. The van der Waals surface area contributed by atoms with Gasteiger partial charge < -0.3 is 4.52 Å².